The van der Waals surface area contributed by atoms with Crippen molar-refractivity contribution in [1.82, 2.24) is 4.98 Å². The van der Waals surface area contributed by atoms with Crippen LogP contribution in [0.2, 0.25) is 0 Å². The first-order valence-electron chi connectivity index (χ1n) is 7.60. The molecule has 0 aliphatic heterocycles. The third-order valence-corrected chi connectivity index (χ3v) is 7.56. The van der Waals surface area contributed by atoms with E-state index in [4.69, 9.17) is 0 Å². The summed E-state index contributed by atoms with van der Waals surface area (Å²) in [7, 11) is 0. The van der Waals surface area contributed by atoms with Crippen LogP contribution in [-0.2, 0) is 9.59 Å². The van der Waals surface area contributed by atoms with Crippen molar-refractivity contribution in [2.75, 3.05) is 5.32 Å². The number of nitrogens with zero attached hydrogens (tertiary/aromatic N) is 1. The first-order valence-corrected chi connectivity index (χ1v) is 8.51. The van der Waals surface area contributed by atoms with Crippen molar-refractivity contribution >= 4 is 33.4 Å². The molecule has 22 heavy (non-hydrogen) atoms. The lowest BCUT2D eigenvalue weighted by atomic mass is 9.64. The largest absolute Gasteiger partial charge is 0.310 e. The molecule has 2 fully saturated rings. The summed E-state index contributed by atoms with van der Waals surface area (Å²) >= 11 is 3.53. The van der Waals surface area contributed by atoms with Gasteiger partial charge in [-0.15, -0.1) is 0 Å². The van der Waals surface area contributed by atoms with Gasteiger partial charge in [0.2, 0.25) is 5.91 Å². The molecule has 0 saturated heterocycles. The second kappa shape index (κ2) is 4.63. The van der Waals surface area contributed by atoms with E-state index in [1.165, 1.54) is 0 Å². The molecule has 1 heterocycles. The molecule has 3 unspecified atom stereocenters. The van der Waals surface area contributed by atoms with E-state index < -0.39 is 21.1 Å². The Morgan fingerprint density at radius 2 is 2.05 bits per heavy atom. The second-order valence-corrected chi connectivity index (χ2v) is 8.19. The summed E-state index contributed by atoms with van der Waals surface area (Å²) in [6, 6.07) is 3.75. The van der Waals surface area contributed by atoms with E-state index in [9.17, 15) is 9.59 Å². The fourth-order valence-corrected chi connectivity index (χ4v) is 5.81. The van der Waals surface area contributed by atoms with Crippen molar-refractivity contribution < 1.29 is 9.59 Å². The molecule has 2 aliphatic carbocycles. The van der Waals surface area contributed by atoms with E-state index in [1.807, 2.05) is 39.8 Å². The number of rotatable bonds is 2. The summed E-state index contributed by atoms with van der Waals surface area (Å²) < 4.78 is 0. The average Bonchev–Trinajstić information content (AvgIpc) is 2.74. The molecule has 4 nitrogen and oxygen atoms in total. The molecule has 0 spiro atoms. The molecule has 5 heteroatoms. The van der Waals surface area contributed by atoms with Gasteiger partial charge in [0.25, 0.3) is 0 Å². The molecular formula is C17H21BrN2O2. The molecule has 3 rings (SSSR count). The highest BCUT2D eigenvalue weighted by atomic mass is 79.9. The fraction of sp³-hybridized carbons (Fsp3) is 0.588. The van der Waals surface area contributed by atoms with Gasteiger partial charge >= 0.3 is 0 Å². The minimum Gasteiger partial charge on any atom is -0.310 e. The maximum absolute atomic E-state index is 13.1. The van der Waals surface area contributed by atoms with E-state index in [1.54, 1.807) is 6.20 Å². The van der Waals surface area contributed by atoms with Gasteiger partial charge in [0.1, 0.15) is 5.82 Å². The van der Waals surface area contributed by atoms with Crippen molar-refractivity contribution in [2.45, 2.75) is 45.4 Å². The Morgan fingerprint density at radius 3 is 2.59 bits per heavy atom. The summed E-state index contributed by atoms with van der Waals surface area (Å²) in [5.41, 5.74) is -0.639. The number of anilines is 1. The van der Waals surface area contributed by atoms with Gasteiger partial charge in [-0.25, -0.2) is 4.98 Å². The number of Topliss-reactive ketones (excluding diaryl/α,β-unsaturated/α-hetero) is 1. The highest BCUT2D eigenvalue weighted by Gasteiger charge is 2.76. The van der Waals surface area contributed by atoms with Crippen LogP contribution in [0.4, 0.5) is 5.82 Å². The molecule has 118 valence electrons. The monoisotopic (exact) mass is 364 g/mol. The molecular weight excluding hydrogens is 344 g/mol. The maximum Gasteiger partial charge on any atom is 0.233 e. The summed E-state index contributed by atoms with van der Waals surface area (Å²) in [5, 5.41) is 2.96. The van der Waals surface area contributed by atoms with E-state index in [0.29, 0.717) is 5.82 Å². The van der Waals surface area contributed by atoms with Gasteiger partial charge in [-0.3, -0.25) is 9.59 Å². The van der Waals surface area contributed by atoms with Crippen molar-refractivity contribution in [3.8, 4) is 0 Å². The van der Waals surface area contributed by atoms with Gasteiger partial charge in [0.15, 0.2) is 5.78 Å². The van der Waals surface area contributed by atoms with Crippen LogP contribution >= 0.6 is 15.9 Å². The normalized spacial score (nSPS) is 35.7. The summed E-state index contributed by atoms with van der Waals surface area (Å²) in [5.74, 6) is 0.623. The zero-order valence-electron chi connectivity index (χ0n) is 13.4. The number of ketones is 1. The first kappa shape index (κ1) is 15.7. The lowest BCUT2D eigenvalue weighted by molar-refractivity contribution is -0.130. The molecule has 2 aliphatic rings. The third kappa shape index (κ3) is 1.60. The number of alkyl halides is 1. The number of aromatic nitrogens is 1. The molecule has 1 aromatic rings. The van der Waals surface area contributed by atoms with Crippen LogP contribution in [0.5, 0.6) is 0 Å². The summed E-state index contributed by atoms with van der Waals surface area (Å²) in [6.07, 6.45) is 3.14. The minimum absolute atomic E-state index is 0.101. The molecule has 1 amide bonds. The zero-order chi connectivity index (χ0) is 16.3. The van der Waals surface area contributed by atoms with E-state index in [-0.39, 0.29) is 11.7 Å². The summed E-state index contributed by atoms with van der Waals surface area (Å²) in [6.45, 7) is 8.00. The van der Waals surface area contributed by atoms with Crippen LogP contribution in [-0.4, -0.2) is 21.5 Å². The molecule has 3 atom stereocenters. The number of nitrogens with one attached hydrogen (secondary N) is 1. The van der Waals surface area contributed by atoms with Crippen LogP contribution in [0, 0.1) is 23.2 Å². The van der Waals surface area contributed by atoms with Gasteiger partial charge in [-0.2, -0.15) is 0 Å². The molecule has 2 saturated carbocycles. The van der Waals surface area contributed by atoms with Crippen molar-refractivity contribution in [1.29, 1.82) is 0 Å². The lowest BCUT2D eigenvalue weighted by Crippen LogP contribution is -2.48. The first-order chi connectivity index (χ1) is 10.2. The number of pyridine rings is 1. The quantitative estimate of drug-likeness (QED) is 0.817. The van der Waals surface area contributed by atoms with Gasteiger partial charge in [-0.1, -0.05) is 42.8 Å². The zero-order valence-corrected chi connectivity index (χ0v) is 15.0. The van der Waals surface area contributed by atoms with E-state index in [0.717, 1.165) is 18.4 Å². The standard InChI is InChI=1S/C17H21BrN2O2/c1-10-6-5-9-19-13(10)20-14(22)17-8-7-16(4,15(17,2)3)12(21)11(17)18/h5-6,9,11H,7-8H2,1-4H3,(H,19,20,22). The Morgan fingerprint density at radius 1 is 1.36 bits per heavy atom. The fourth-order valence-electron chi connectivity index (χ4n) is 4.29. The molecule has 0 aromatic carbocycles. The molecule has 2 bridgehead atoms. The van der Waals surface area contributed by atoms with Crippen LogP contribution < -0.4 is 5.32 Å². The van der Waals surface area contributed by atoms with Crippen LogP contribution in [0.25, 0.3) is 0 Å². The molecule has 1 aromatic heterocycles. The number of halogens is 1. The third-order valence-electron chi connectivity index (χ3n) is 6.37. The van der Waals surface area contributed by atoms with Crippen LogP contribution in [0.3, 0.4) is 0 Å². The molecule has 0 radical (unpaired) electrons. The van der Waals surface area contributed by atoms with E-state index in [2.05, 4.69) is 26.2 Å². The van der Waals surface area contributed by atoms with E-state index >= 15 is 0 Å². The van der Waals surface area contributed by atoms with Gasteiger partial charge in [0, 0.05) is 11.6 Å². The predicted octanol–water partition coefficient (Wildman–Crippen LogP) is 3.49. The Balaban J connectivity index is 2.02. The molecule has 1 N–H and O–H groups in total. The average molecular weight is 365 g/mol. The van der Waals surface area contributed by atoms with Crippen molar-refractivity contribution in [3.63, 3.8) is 0 Å². The Kier molecular flexibility index (Phi) is 3.30. The van der Waals surface area contributed by atoms with Gasteiger partial charge in [0.05, 0.1) is 10.2 Å². The van der Waals surface area contributed by atoms with Gasteiger partial charge in [-0.05, 0) is 36.8 Å². The highest BCUT2D eigenvalue weighted by Crippen LogP contribution is 2.72. The van der Waals surface area contributed by atoms with Crippen LogP contribution in [0.1, 0.15) is 39.2 Å². The number of carbonyl (C=O) groups is 2. The Hall–Kier alpha value is -1.23. The number of aryl methyl sites for hydroxylation is 1. The predicted molar refractivity (Wildman–Crippen MR) is 88.9 cm³/mol. The van der Waals surface area contributed by atoms with Gasteiger partial charge < -0.3 is 5.32 Å². The highest BCUT2D eigenvalue weighted by molar-refractivity contribution is 9.10. The lowest BCUT2D eigenvalue weighted by Gasteiger charge is -2.39. The number of hydrogen-bond acceptors (Lipinski definition) is 3. The maximum atomic E-state index is 13.1. The Labute approximate surface area is 139 Å². The number of fused-ring (bicyclic) bond motifs is 2. The van der Waals surface area contributed by atoms with Crippen LogP contribution in [0.15, 0.2) is 18.3 Å². The minimum atomic E-state index is -0.719. The smallest absolute Gasteiger partial charge is 0.233 e. The number of hydrogen-bond donors (Lipinski definition) is 1. The van der Waals surface area contributed by atoms with Crippen molar-refractivity contribution in [3.05, 3.63) is 23.9 Å². The Bertz CT molecular complexity index is 672. The SMILES string of the molecule is Cc1cccnc1NC(=O)C12CCC(C)(C(=O)C1Br)C2(C)C. The number of amides is 1. The topological polar surface area (TPSA) is 59.1 Å². The van der Waals surface area contributed by atoms with Crippen molar-refractivity contribution in [2.24, 2.45) is 16.2 Å². The second-order valence-electron chi connectivity index (χ2n) is 7.28. The summed E-state index contributed by atoms with van der Waals surface area (Å²) in [4.78, 5) is 29.6. The number of carbonyl (C=O) groups excluding carboxylic acids is 2.